The Morgan fingerprint density at radius 3 is 2.55 bits per heavy atom. The van der Waals surface area contributed by atoms with Crippen LogP contribution in [-0.4, -0.2) is 15.5 Å². The molecule has 0 bridgehead atoms. The van der Waals surface area contributed by atoms with Gasteiger partial charge in [0.05, 0.1) is 5.69 Å². The Hall–Kier alpha value is -1.23. The van der Waals surface area contributed by atoms with Crippen LogP contribution in [0.15, 0.2) is 34.9 Å². The average molecular weight is 341 g/mol. The van der Waals surface area contributed by atoms with Gasteiger partial charge in [0.25, 0.3) is 0 Å². The van der Waals surface area contributed by atoms with Gasteiger partial charge >= 0.3 is 0 Å². The molecule has 0 saturated heterocycles. The van der Waals surface area contributed by atoms with Gasteiger partial charge in [0.2, 0.25) is 5.92 Å². The van der Waals surface area contributed by atoms with E-state index in [4.69, 9.17) is 0 Å². The lowest BCUT2D eigenvalue weighted by molar-refractivity contribution is -0.110. The average Bonchev–Trinajstić information content (AvgIpc) is 2.63. The van der Waals surface area contributed by atoms with Crippen molar-refractivity contribution >= 4 is 15.9 Å². The molecule has 1 heterocycles. The molecule has 1 aliphatic rings. The van der Waals surface area contributed by atoms with Crippen molar-refractivity contribution in [3.8, 4) is 11.3 Å². The minimum absolute atomic E-state index is 0.0157. The van der Waals surface area contributed by atoms with Crippen LogP contribution in [-0.2, 0) is 13.5 Å². The number of benzene rings is 1. The van der Waals surface area contributed by atoms with E-state index in [-0.39, 0.29) is 18.8 Å². The van der Waals surface area contributed by atoms with Crippen molar-refractivity contribution < 1.29 is 8.78 Å². The van der Waals surface area contributed by atoms with Crippen LogP contribution >= 0.6 is 15.9 Å². The van der Waals surface area contributed by atoms with Gasteiger partial charge in [0, 0.05) is 31.9 Å². The van der Waals surface area contributed by atoms with Crippen molar-refractivity contribution in [3.63, 3.8) is 0 Å². The molecule has 0 unspecified atom stereocenters. The first kappa shape index (κ1) is 13.7. The van der Waals surface area contributed by atoms with Crippen molar-refractivity contribution in [1.82, 2.24) is 9.55 Å². The van der Waals surface area contributed by atoms with E-state index in [1.54, 1.807) is 0 Å². The molecule has 0 N–H and O–H groups in total. The molecule has 0 amide bonds. The quantitative estimate of drug-likeness (QED) is 0.807. The first-order chi connectivity index (χ1) is 9.46. The molecule has 20 heavy (non-hydrogen) atoms. The van der Waals surface area contributed by atoms with Gasteiger partial charge in [-0.1, -0.05) is 30.3 Å². The summed E-state index contributed by atoms with van der Waals surface area (Å²) in [6.07, 6.45) is 0.577. The van der Waals surface area contributed by atoms with E-state index in [9.17, 15) is 8.78 Å². The SMILES string of the molecule is Cn1c(CC2CC(F)(F)C2)nc(Br)c1-c1ccccc1. The van der Waals surface area contributed by atoms with Gasteiger partial charge in [-0.3, -0.25) is 0 Å². The molecule has 0 aliphatic heterocycles. The molecule has 1 fully saturated rings. The van der Waals surface area contributed by atoms with E-state index in [2.05, 4.69) is 20.9 Å². The molecular weight excluding hydrogens is 326 g/mol. The van der Waals surface area contributed by atoms with Crippen molar-refractivity contribution in [1.29, 1.82) is 0 Å². The Morgan fingerprint density at radius 2 is 1.95 bits per heavy atom. The van der Waals surface area contributed by atoms with Crippen LogP contribution in [0.1, 0.15) is 18.7 Å². The monoisotopic (exact) mass is 340 g/mol. The first-order valence-electron chi connectivity index (χ1n) is 6.60. The summed E-state index contributed by atoms with van der Waals surface area (Å²) in [5.41, 5.74) is 2.06. The Morgan fingerprint density at radius 1 is 1.30 bits per heavy atom. The number of aromatic nitrogens is 2. The van der Waals surface area contributed by atoms with Crippen molar-refractivity contribution in [2.24, 2.45) is 13.0 Å². The summed E-state index contributed by atoms with van der Waals surface area (Å²) in [6, 6.07) is 9.94. The molecule has 0 spiro atoms. The molecule has 5 heteroatoms. The highest BCUT2D eigenvalue weighted by Crippen LogP contribution is 2.44. The lowest BCUT2D eigenvalue weighted by Gasteiger charge is -2.34. The summed E-state index contributed by atoms with van der Waals surface area (Å²) in [6.45, 7) is 0. The third-order valence-electron chi connectivity index (χ3n) is 3.84. The molecular formula is C15H15BrF2N2. The lowest BCUT2D eigenvalue weighted by Crippen LogP contribution is -2.36. The number of rotatable bonds is 3. The van der Waals surface area contributed by atoms with Crippen molar-refractivity contribution in [2.45, 2.75) is 25.2 Å². The van der Waals surface area contributed by atoms with Crippen molar-refractivity contribution in [3.05, 3.63) is 40.8 Å². The maximum absolute atomic E-state index is 12.9. The normalized spacial score (nSPS) is 18.0. The maximum Gasteiger partial charge on any atom is 0.248 e. The Balaban J connectivity index is 1.84. The van der Waals surface area contributed by atoms with E-state index in [0.717, 1.165) is 21.7 Å². The fraction of sp³-hybridized carbons (Fsp3) is 0.400. The highest BCUT2D eigenvalue weighted by molar-refractivity contribution is 9.10. The van der Waals surface area contributed by atoms with E-state index in [1.807, 2.05) is 41.9 Å². The smallest absolute Gasteiger partial charge is 0.248 e. The summed E-state index contributed by atoms with van der Waals surface area (Å²) < 4.78 is 28.6. The van der Waals surface area contributed by atoms with E-state index in [0.29, 0.717) is 6.42 Å². The van der Waals surface area contributed by atoms with Crippen LogP contribution in [0.4, 0.5) is 8.78 Å². The fourth-order valence-electron chi connectivity index (χ4n) is 2.79. The molecule has 1 saturated carbocycles. The molecule has 0 atom stereocenters. The third kappa shape index (κ3) is 2.51. The summed E-state index contributed by atoms with van der Waals surface area (Å²) in [7, 11) is 1.94. The Bertz CT molecular complexity index is 614. The van der Waals surface area contributed by atoms with Crippen LogP contribution in [0.3, 0.4) is 0 Å². The number of halogens is 3. The van der Waals surface area contributed by atoms with Gasteiger partial charge in [-0.05, 0) is 21.8 Å². The number of hydrogen-bond donors (Lipinski definition) is 0. The van der Waals surface area contributed by atoms with Gasteiger partial charge in [-0.2, -0.15) is 0 Å². The second-order valence-corrected chi connectivity index (χ2v) is 6.18. The first-order valence-corrected chi connectivity index (χ1v) is 7.40. The predicted octanol–water partition coefficient (Wildman–Crippen LogP) is 4.44. The number of nitrogens with zero attached hydrogens (tertiary/aromatic N) is 2. The zero-order valence-corrected chi connectivity index (χ0v) is 12.7. The summed E-state index contributed by atoms with van der Waals surface area (Å²) in [5, 5.41) is 0. The minimum Gasteiger partial charge on any atom is -0.330 e. The highest BCUT2D eigenvalue weighted by Gasteiger charge is 2.45. The van der Waals surface area contributed by atoms with Gasteiger partial charge < -0.3 is 4.57 Å². The molecule has 106 valence electrons. The van der Waals surface area contributed by atoms with Gasteiger partial charge in [-0.25, -0.2) is 13.8 Å². The third-order valence-corrected chi connectivity index (χ3v) is 4.39. The zero-order chi connectivity index (χ0) is 14.3. The maximum atomic E-state index is 12.9. The Labute approximate surface area is 125 Å². The Kier molecular flexibility index (Phi) is 3.40. The summed E-state index contributed by atoms with van der Waals surface area (Å²) in [5.74, 6) is -1.56. The fourth-order valence-corrected chi connectivity index (χ4v) is 3.49. The van der Waals surface area contributed by atoms with Crippen LogP contribution < -0.4 is 0 Å². The minimum atomic E-state index is -2.46. The number of hydrogen-bond acceptors (Lipinski definition) is 1. The second-order valence-electron chi connectivity index (χ2n) is 5.43. The number of imidazole rings is 1. The number of alkyl halides is 2. The van der Waals surface area contributed by atoms with E-state index >= 15 is 0 Å². The van der Waals surface area contributed by atoms with Crippen molar-refractivity contribution in [2.75, 3.05) is 0 Å². The van der Waals surface area contributed by atoms with E-state index < -0.39 is 5.92 Å². The van der Waals surface area contributed by atoms with Crippen LogP contribution in [0, 0.1) is 5.92 Å². The molecule has 1 aromatic carbocycles. The van der Waals surface area contributed by atoms with Crippen LogP contribution in [0.2, 0.25) is 0 Å². The van der Waals surface area contributed by atoms with Gasteiger partial charge in [0.1, 0.15) is 10.4 Å². The topological polar surface area (TPSA) is 17.8 Å². The van der Waals surface area contributed by atoms with Gasteiger partial charge in [-0.15, -0.1) is 0 Å². The largest absolute Gasteiger partial charge is 0.330 e. The predicted molar refractivity (Wildman–Crippen MR) is 77.7 cm³/mol. The molecule has 2 aromatic rings. The van der Waals surface area contributed by atoms with Crippen LogP contribution in [0.25, 0.3) is 11.3 Å². The van der Waals surface area contributed by atoms with E-state index in [1.165, 1.54) is 0 Å². The molecule has 3 rings (SSSR count). The molecule has 2 nitrogen and oxygen atoms in total. The summed E-state index contributed by atoms with van der Waals surface area (Å²) >= 11 is 3.48. The lowest BCUT2D eigenvalue weighted by atomic mass is 9.79. The molecule has 1 aliphatic carbocycles. The van der Waals surface area contributed by atoms with Gasteiger partial charge in [0.15, 0.2) is 0 Å². The standard InChI is InChI=1S/C15H15BrF2N2/c1-20-12(7-10-8-15(17,18)9-10)19-14(16)13(20)11-5-3-2-4-6-11/h2-6,10H,7-9H2,1H3. The summed E-state index contributed by atoms with van der Waals surface area (Å²) in [4.78, 5) is 4.49. The molecule has 1 aromatic heterocycles. The highest BCUT2D eigenvalue weighted by atomic mass is 79.9. The zero-order valence-electron chi connectivity index (χ0n) is 11.1. The van der Waals surface area contributed by atoms with Crippen LogP contribution in [0.5, 0.6) is 0 Å². The molecule has 0 radical (unpaired) electrons. The second kappa shape index (κ2) is 4.95.